The first-order valence-electron chi connectivity index (χ1n) is 10.3. The summed E-state index contributed by atoms with van der Waals surface area (Å²) < 4.78 is 22.8. The predicted octanol–water partition coefficient (Wildman–Crippen LogP) is 5.64. The van der Waals surface area contributed by atoms with Gasteiger partial charge in [-0.05, 0) is 37.0 Å². The number of hydrogen-bond donors (Lipinski definition) is 0. The first-order chi connectivity index (χ1) is 13.6. The zero-order chi connectivity index (χ0) is 21.9. The summed E-state index contributed by atoms with van der Waals surface area (Å²) in [6.07, 6.45) is 4.39. The van der Waals surface area contributed by atoms with Crippen LogP contribution >= 0.6 is 0 Å². The van der Waals surface area contributed by atoms with Crippen molar-refractivity contribution in [3.8, 4) is 0 Å². The van der Waals surface area contributed by atoms with E-state index in [1.165, 1.54) is 6.08 Å². The second kappa shape index (κ2) is 12.3. The third-order valence-corrected chi connectivity index (χ3v) is 9.78. The molecule has 0 amide bonds. The third kappa shape index (κ3) is 9.25. The fraction of sp³-hybridized carbons (Fsp3) is 0.609. The van der Waals surface area contributed by atoms with Gasteiger partial charge in [-0.25, -0.2) is 4.79 Å². The van der Waals surface area contributed by atoms with Crippen LogP contribution in [0.15, 0.2) is 42.5 Å². The maximum Gasteiger partial charge on any atom is 0.330 e. The van der Waals surface area contributed by atoms with Gasteiger partial charge in [0.2, 0.25) is 0 Å². The lowest BCUT2D eigenvalue weighted by atomic mass is 10.0. The zero-order valence-corrected chi connectivity index (χ0v) is 20.1. The molecule has 0 aliphatic heterocycles. The summed E-state index contributed by atoms with van der Waals surface area (Å²) >= 11 is 0. The molecule has 0 unspecified atom stereocenters. The molecule has 0 saturated carbocycles. The highest BCUT2D eigenvalue weighted by Gasteiger charge is 2.39. The molecule has 0 heterocycles. The van der Waals surface area contributed by atoms with Crippen molar-refractivity contribution in [2.24, 2.45) is 0 Å². The average molecular weight is 423 g/mol. The van der Waals surface area contributed by atoms with Crippen molar-refractivity contribution in [2.45, 2.75) is 70.9 Å². The molecule has 0 radical (unpaired) electrons. The Kier molecular flexibility index (Phi) is 10.8. The van der Waals surface area contributed by atoms with E-state index in [0.717, 1.165) is 5.56 Å². The van der Waals surface area contributed by atoms with E-state index in [9.17, 15) is 4.79 Å². The van der Waals surface area contributed by atoms with Crippen molar-refractivity contribution in [2.75, 3.05) is 20.5 Å². The van der Waals surface area contributed by atoms with Crippen LogP contribution in [0, 0.1) is 0 Å². The molecule has 1 aromatic rings. The quantitative estimate of drug-likeness (QED) is 0.189. The van der Waals surface area contributed by atoms with E-state index in [1.807, 2.05) is 24.3 Å². The number of esters is 1. The van der Waals surface area contributed by atoms with Gasteiger partial charge in [0.05, 0.1) is 18.8 Å². The molecule has 0 aromatic heterocycles. The van der Waals surface area contributed by atoms with Crippen LogP contribution in [0.3, 0.4) is 0 Å². The lowest BCUT2D eigenvalue weighted by molar-refractivity contribution is -0.137. The molecule has 1 rings (SSSR count). The molecule has 0 spiro atoms. The summed E-state index contributed by atoms with van der Waals surface area (Å²) in [4.78, 5) is 11.7. The van der Waals surface area contributed by atoms with Crippen LogP contribution in [0.25, 0.3) is 0 Å². The van der Waals surface area contributed by atoms with E-state index in [2.05, 4.69) is 46.0 Å². The van der Waals surface area contributed by atoms with Gasteiger partial charge in [-0.1, -0.05) is 57.2 Å². The normalized spacial score (nSPS) is 14.7. The highest BCUT2D eigenvalue weighted by atomic mass is 28.4. The molecule has 0 aliphatic carbocycles. The van der Waals surface area contributed by atoms with Crippen LogP contribution < -0.4 is 0 Å². The topological polar surface area (TPSA) is 54.0 Å². The first kappa shape index (κ1) is 25.6. The molecule has 2 atom stereocenters. The van der Waals surface area contributed by atoms with Gasteiger partial charge in [0, 0.05) is 19.6 Å². The van der Waals surface area contributed by atoms with E-state index in [-0.39, 0.29) is 30.0 Å². The smallest absolute Gasteiger partial charge is 0.330 e. The Morgan fingerprint density at radius 2 is 1.83 bits per heavy atom. The van der Waals surface area contributed by atoms with Crippen molar-refractivity contribution in [1.82, 2.24) is 0 Å². The van der Waals surface area contributed by atoms with E-state index in [0.29, 0.717) is 19.4 Å². The van der Waals surface area contributed by atoms with Gasteiger partial charge < -0.3 is 18.6 Å². The maximum atomic E-state index is 11.7. The second-order valence-corrected chi connectivity index (χ2v) is 13.4. The van der Waals surface area contributed by atoms with Crippen LogP contribution in [0.5, 0.6) is 0 Å². The number of methoxy groups -OCH3 is 1. The summed E-state index contributed by atoms with van der Waals surface area (Å²) in [6, 6.07) is 10.1. The lowest BCUT2D eigenvalue weighted by Crippen LogP contribution is -2.44. The largest absolute Gasteiger partial charge is 0.463 e. The highest BCUT2D eigenvalue weighted by Crippen LogP contribution is 2.39. The second-order valence-electron chi connectivity index (χ2n) is 8.60. The third-order valence-electron chi connectivity index (χ3n) is 5.24. The molecule has 164 valence electrons. The lowest BCUT2D eigenvalue weighted by Gasteiger charge is -2.40. The van der Waals surface area contributed by atoms with Crippen molar-refractivity contribution < 1.29 is 23.4 Å². The fourth-order valence-electron chi connectivity index (χ4n) is 2.65. The number of benzene rings is 1. The number of ether oxygens (including phenoxy) is 3. The summed E-state index contributed by atoms with van der Waals surface area (Å²) in [5.41, 5.74) is 1.09. The van der Waals surface area contributed by atoms with Crippen LogP contribution in [0.4, 0.5) is 0 Å². The zero-order valence-electron chi connectivity index (χ0n) is 19.1. The standard InChI is InChI=1S/C23H38O5Si/c1-8-26-22(24)16-12-15-20(28-29(6,7)23(2,3)4)17-21(27-18-25-5)19-13-10-9-11-14-19/h9-14,16,20-21H,8,15,17-18H2,1-7H3/b16-12+/t20-,21+/m1/s1. The van der Waals surface area contributed by atoms with Gasteiger partial charge in [-0.15, -0.1) is 0 Å². The van der Waals surface area contributed by atoms with Crippen molar-refractivity contribution in [1.29, 1.82) is 0 Å². The fourth-order valence-corrected chi connectivity index (χ4v) is 4.03. The Morgan fingerprint density at radius 3 is 2.38 bits per heavy atom. The SMILES string of the molecule is CCOC(=O)/C=C/C[C@H](C[C@H](OCOC)c1ccccc1)O[Si](C)(C)C(C)(C)C. The Morgan fingerprint density at radius 1 is 1.17 bits per heavy atom. The number of carbonyl (C=O) groups is 1. The molecule has 0 aliphatic rings. The Labute approximate surface area is 177 Å². The Bertz CT molecular complexity index is 622. The molecule has 0 saturated heterocycles. The average Bonchev–Trinajstić information content (AvgIpc) is 2.64. The van der Waals surface area contributed by atoms with Crippen LogP contribution in [0.2, 0.25) is 18.1 Å². The van der Waals surface area contributed by atoms with Crippen LogP contribution in [0.1, 0.15) is 52.2 Å². The summed E-state index contributed by atoms with van der Waals surface area (Å²) in [5.74, 6) is -0.325. The Balaban J connectivity index is 3.01. The van der Waals surface area contributed by atoms with Crippen molar-refractivity contribution in [3.63, 3.8) is 0 Å². The van der Waals surface area contributed by atoms with Crippen LogP contribution in [-0.2, 0) is 23.4 Å². The van der Waals surface area contributed by atoms with Gasteiger partial charge >= 0.3 is 5.97 Å². The number of rotatable bonds is 12. The van der Waals surface area contributed by atoms with Crippen LogP contribution in [-0.4, -0.2) is 40.9 Å². The minimum atomic E-state index is -2.00. The molecular formula is C23H38O5Si. The highest BCUT2D eigenvalue weighted by molar-refractivity contribution is 6.74. The van der Waals surface area contributed by atoms with Gasteiger partial charge in [-0.2, -0.15) is 0 Å². The minimum absolute atomic E-state index is 0.0800. The van der Waals surface area contributed by atoms with Crippen molar-refractivity contribution in [3.05, 3.63) is 48.0 Å². The van der Waals surface area contributed by atoms with Gasteiger partial charge in [-0.3, -0.25) is 0 Å². The molecule has 6 heteroatoms. The number of hydrogen-bond acceptors (Lipinski definition) is 5. The molecule has 0 bridgehead atoms. The van der Waals surface area contributed by atoms with Gasteiger partial charge in [0.1, 0.15) is 6.79 Å². The molecular weight excluding hydrogens is 384 g/mol. The minimum Gasteiger partial charge on any atom is -0.463 e. The van der Waals surface area contributed by atoms with E-state index < -0.39 is 8.32 Å². The van der Waals surface area contributed by atoms with E-state index >= 15 is 0 Å². The van der Waals surface area contributed by atoms with Crippen molar-refractivity contribution >= 4 is 14.3 Å². The summed E-state index contributed by atoms with van der Waals surface area (Å²) in [7, 11) is -0.377. The predicted molar refractivity (Wildman–Crippen MR) is 119 cm³/mol. The van der Waals surface area contributed by atoms with E-state index in [4.69, 9.17) is 18.6 Å². The monoisotopic (exact) mass is 422 g/mol. The van der Waals surface area contributed by atoms with Gasteiger partial charge in [0.25, 0.3) is 0 Å². The Hall–Kier alpha value is -1.47. The molecule has 0 N–H and O–H groups in total. The number of carbonyl (C=O) groups excluding carboxylic acids is 1. The molecule has 0 fully saturated rings. The summed E-state index contributed by atoms with van der Waals surface area (Å²) in [6.45, 7) is 13.5. The van der Waals surface area contributed by atoms with E-state index in [1.54, 1.807) is 14.0 Å². The molecule has 5 nitrogen and oxygen atoms in total. The maximum absolute atomic E-state index is 11.7. The van der Waals surface area contributed by atoms with Gasteiger partial charge in [0.15, 0.2) is 8.32 Å². The first-order valence-corrected chi connectivity index (χ1v) is 13.2. The summed E-state index contributed by atoms with van der Waals surface area (Å²) in [5, 5.41) is 0.0890. The molecule has 29 heavy (non-hydrogen) atoms. The molecule has 1 aromatic carbocycles.